The summed E-state index contributed by atoms with van der Waals surface area (Å²) in [6.45, 7) is 3.13. The molecule has 5 aromatic rings. The lowest BCUT2D eigenvalue weighted by Crippen LogP contribution is -2.23. The van der Waals surface area contributed by atoms with Crippen LogP contribution in [-0.4, -0.2) is 32.6 Å². The van der Waals surface area contributed by atoms with Crippen molar-refractivity contribution < 1.29 is 17.2 Å². The van der Waals surface area contributed by atoms with Gasteiger partial charge in [0, 0.05) is 17.2 Å². The van der Waals surface area contributed by atoms with Crippen molar-refractivity contribution in [3.8, 4) is 33.9 Å². The Hall–Kier alpha value is -4.05. The van der Waals surface area contributed by atoms with Crippen LogP contribution in [0.1, 0.15) is 13.8 Å². The molecule has 7 nitrogen and oxygen atoms in total. The highest BCUT2D eigenvalue weighted by Crippen LogP contribution is 2.35. The van der Waals surface area contributed by atoms with Gasteiger partial charge in [-0.25, -0.2) is 31.1 Å². The summed E-state index contributed by atoms with van der Waals surface area (Å²) < 4.78 is 55.0. The first-order valence-corrected chi connectivity index (χ1v) is 12.3. The lowest BCUT2D eigenvalue weighted by atomic mass is 10.0. The molecule has 178 valence electrons. The highest BCUT2D eigenvalue weighted by molar-refractivity contribution is 7.90. The zero-order valence-corrected chi connectivity index (χ0v) is 19.6. The molecule has 0 amide bonds. The standard InChI is InChI=1S/C25H21F2N5O2S/c1-14(2)35(33,34)32-21-12-16(8-11-20(21)29-25(32)28)23-22(15-6-4-3-5-7-15)30-24(31-23)18-10-9-17(26)13-19(18)27/h3-14H,1-2H3,(H2,28,29)(H,30,31). The van der Waals surface area contributed by atoms with E-state index < -0.39 is 26.9 Å². The van der Waals surface area contributed by atoms with Crippen LogP contribution in [0.25, 0.3) is 44.9 Å². The molecule has 3 aromatic carbocycles. The van der Waals surface area contributed by atoms with Gasteiger partial charge in [0.25, 0.3) is 0 Å². The van der Waals surface area contributed by atoms with Gasteiger partial charge in [0.1, 0.15) is 17.5 Å². The van der Waals surface area contributed by atoms with E-state index in [1.54, 1.807) is 32.0 Å². The molecular weight excluding hydrogens is 472 g/mol. The maximum absolute atomic E-state index is 14.6. The predicted molar refractivity (Wildman–Crippen MR) is 132 cm³/mol. The zero-order chi connectivity index (χ0) is 24.9. The second kappa shape index (κ2) is 8.31. The van der Waals surface area contributed by atoms with E-state index in [1.807, 2.05) is 30.3 Å². The summed E-state index contributed by atoms with van der Waals surface area (Å²) in [6, 6.07) is 17.6. The Morgan fingerprint density at radius 1 is 0.943 bits per heavy atom. The first-order chi connectivity index (χ1) is 16.7. The average Bonchev–Trinajstić information content (AvgIpc) is 3.40. The maximum atomic E-state index is 14.6. The normalized spacial score (nSPS) is 12.0. The summed E-state index contributed by atoms with van der Waals surface area (Å²) in [5.74, 6) is -1.37. The Bertz CT molecular complexity index is 1680. The van der Waals surface area contributed by atoms with Crippen LogP contribution in [-0.2, 0) is 10.0 Å². The van der Waals surface area contributed by atoms with E-state index in [9.17, 15) is 17.2 Å². The van der Waals surface area contributed by atoms with Crippen molar-refractivity contribution >= 4 is 27.0 Å². The number of nitrogen functional groups attached to an aromatic ring is 1. The number of benzene rings is 3. The van der Waals surface area contributed by atoms with Gasteiger partial charge < -0.3 is 10.7 Å². The van der Waals surface area contributed by atoms with Crippen LogP contribution in [0.5, 0.6) is 0 Å². The highest BCUT2D eigenvalue weighted by Gasteiger charge is 2.25. The van der Waals surface area contributed by atoms with Gasteiger partial charge in [0.2, 0.25) is 16.0 Å². The van der Waals surface area contributed by atoms with Crippen molar-refractivity contribution in [3.05, 3.63) is 78.4 Å². The number of H-pyrrole nitrogens is 1. The lowest BCUT2D eigenvalue weighted by molar-refractivity contribution is 0.580. The number of halogens is 2. The number of anilines is 1. The predicted octanol–water partition coefficient (Wildman–Crippen LogP) is 5.21. The molecule has 0 spiro atoms. The average molecular weight is 494 g/mol. The summed E-state index contributed by atoms with van der Waals surface area (Å²) in [4.78, 5) is 12.0. The van der Waals surface area contributed by atoms with Gasteiger partial charge in [0.05, 0.1) is 33.2 Å². The van der Waals surface area contributed by atoms with Gasteiger partial charge in [-0.2, -0.15) is 0 Å². The van der Waals surface area contributed by atoms with Crippen LogP contribution in [0.2, 0.25) is 0 Å². The Balaban J connectivity index is 1.76. The number of hydrogen-bond acceptors (Lipinski definition) is 5. The molecule has 0 bridgehead atoms. The van der Waals surface area contributed by atoms with Gasteiger partial charge in [-0.05, 0) is 38.1 Å². The first-order valence-electron chi connectivity index (χ1n) is 10.8. The van der Waals surface area contributed by atoms with Gasteiger partial charge in [-0.15, -0.1) is 0 Å². The second-order valence-electron chi connectivity index (χ2n) is 8.33. The van der Waals surface area contributed by atoms with Crippen molar-refractivity contribution in [3.63, 3.8) is 0 Å². The number of hydrogen-bond donors (Lipinski definition) is 2. The van der Waals surface area contributed by atoms with Gasteiger partial charge in [-0.1, -0.05) is 36.4 Å². The fraction of sp³-hybridized carbons (Fsp3) is 0.120. The molecule has 0 atom stereocenters. The summed E-state index contributed by atoms with van der Waals surface area (Å²) in [5, 5.41) is -0.718. The maximum Gasteiger partial charge on any atom is 0.244 e. The Morgan fingerprint density at radius 3 is 2.37 bits per heavy atom. The molecule has 2 heterocycles. The van der Waals surface area contributed by atoms with E-state index in [-0.39, 0.29) is 17.3 Å². The number of nitrogens with zero attached hydrogens (tertiary/aromatic N) is 3. The molecule has 3 N–H and O–H groups in total. The molecule has 5 rings (SSSR count). The molecule has 10 heteroatoms. The van der Waals surface area contributed by atoms with Crippen LogP contribution >= 0.6 is 0 Å². The number of fused-ring (bicyclic) bond motifs is 1. The number of rotatable bonds is 5. The number of nitrogens with one attached hydrogen (secondary N) is 1. The Morgan fingerprint density at radius 2 is 1.69 bits per heavy atom. The molecule has 0 aliphatic heterocycles. The quantitative estimate of drug-likeness (QED) is 0.350. The Kier molecular flexibility index (Phi) is 5.40. The van der Waals surface area contributed by atoms with E-state index in [4.69, 9.17) is 5.73 Å². The van der Waals surface area contributed by atoms with Crippen molar-refractivity contribution in [2.75, 3.05) is 5.73 Å². The Labute approximate surface area is 200 Å². The molecule has 0 radical (unpaired) electrons. The number of imidazole rings is 2. The molecule has 2 aromatic heterocycles. The molecule has 0 saturated heterocycles. The zero-order valence-electron chi connectivity index (χ0n) is 18.8. The topological polar surface area (TPSA) is 107 Å². The van der Waals surface area contributed by atoms with Crippen molar-refractivity contribution in [1.29, 1.82) is 0 Å². The smallest absolute Gasteiger partial charge is 0.244 e. The van der Waals surface area contributed by atoms with Crippen molar-refractivity contribution in [1.82, 2.24) is 18.9 Å². The van der Waals surface area contributed by atoms with Gasteiger partial charge >= 0.3 is 0 Å². The fourth-order valence-corrected chi connectivity index (χ4v) is 5.05. The van der Waals surface area contributed by atoms with Crippen molar-refractivity contribution in [2.24, 2.45) is 0 Å². The number of aromatic nitrogens is 4. The molecule has 0 aliphatic carbocycles. The number of aromatic amines is 1. The molecule has 0 unspecified atom stereocenters. The van der Waals surface area contributed by atoms with E-state index in [1.165, 1.54) is 6.07 Å². The monoisotopic (exact) mass is 493 g/mol. The van der Waals surface area contributed by atoms with Gasteiger partial charge in [-0.3, -0.25) is 0 Å². The minimum Gasteiger partial charge on any atom is -0.368 e. The second-order valence-corrected chi connectivity index (χ2v) is 10.7. The minimum atomic E-state index is -3.78. The summed E-state index contributed by atoms with van der Waals surface area (Å²) in [6.07, 6.45) is 0. The third kappa shape index (κ3) is 3.85. The van der Waals surface area contributed by atoms with Crippen LogP contribution in [0.4, 0.5) is 14.7 Å². The summed E-state index contributed by atoms with van der Waals surface area (Å²) in [7, 11) is -3.78. The molecule has 0 fully saturated rings. The lowest BCUT2D eigenvalue weighted by Gasteiger charge is -2.11. The van der Waals surface area contributed by atoms with Crippen LogP contribution in [0, 0.1) is 11.6 Å². The van der Waals surface area contributed by atoms with Crippen LogP contribution in [0.15, 0.2) is 66.7 Å². The minimum absolute atomic E-state index is 0.104. The molecular formula is C25H21F2N5O2S. The first kappa shape index (κ1) is 22.7. The van der Waals surface area contributed by atoms with Crippen LogP contribution < -0.4 is 5.73 Å². The molecule has 0 aliphatic rings. The third-order valence-corrected chi connectivity index (χ3v) is 7.80. The fourth-order valence-electron chi connectivity index (χ4n) is 3.90. The van der Waals surface area contributed by atoms with E-state index in [0.29, 0.717) is 28.0 Å². The summed E-state index contributed by atoms with van der Waals surface area (Å²) in [5.41, 5.74) is 9.21. The third-order valence-electron chi connectivity index (χ3n) is 5.71. The molecule has 35 heavy (non-hydrogen) atoms. The van der Waals surface area contributed by atoms with Gasteiger partial charge in [0.15, 0.2) is 0 Å². The number of nitrogens with two attached hydrogens (primary N) is 1. The van der Waals surface area contributed by atoms with E-state index in [2.05, 4.69) is 15.0 Å². The SMILES string of the molecule is CC(C)S(=O)(=O)n1c(N)nc2ccc(-c3nc(-c4ccc(F)cc4F)[nH]c3-c3ccccc3)cc21. The summed E-state index contributed by atoms with van der Waals surface area (Å²) >= 11 is 0. The largest absolute Gasteiger partial charge is 0.368 e. The van der Waals surface area contributed by atoms with Crippen molar-refractivity contribution in [2.45, 2.75) is 19.1 Å². The molecule has 0 saturated carbocycles. The van der Waals surface area contributed by atoms with E-state index >= 15 is 0 Å². The van der Waals surface area contributed by atoms with Crippen LogP contribution in [0.3, 0.4) is 0 Å². The highest BCUT2D eigenvalue weighted by atomic mass is 32.2. The van der Waals surface area contributed by atoms with E-state index in [0.717, 1.165) is 21.7 Å².